The van der Waals surface area contributed by atoms with Crippen molar-refractivity contribution < 1.29 is 0 Å². The standard InChI is InChI=1S/C15H17N3S/c1-10(15-11(2)19-12(3)18-15)17-9-14-6-4-5-13(7-14)8-16/h4-7,10,17H,9H2,1-3H3. The number of hydrogen-bond acceptors (Lipinski definition) is 4. The summed E-state index contributed by atoms with van der Waals surface area (Å²) in [6, 6.07) is 10.1. The molecule has 1 atom stereocenters. The lowest BCUT2D eigenvalue weighted by Crippen LogP contribution is -2.19. The molecule has 1 aromatic heterocycles. The van der Waals surface area contributed by atoms with Crippen LogP contribution in [0.15, 0.2) is 24.3 Å². The Morgan fingerprint density at radius 2 is 2.21 bits per heavy atom. The molecular weight excluding hydrogens is 254 g/mol. The minimum atomic E-state index is 0.218. The van der Waals surface area contributed by atoms with E-state index in [2.05, 4.69) is 30.2 Å². The highest BCUT2D eigenvalue weighted by molar-refractivity contribution is 7.11. The van der Waals surface area contributed by atoms with Gasteiger partial charge in [0.15, 0.2) is 0 Å². The Balaban J connectivity index is 2.02. The van der Waals surface area contributed by atoms with E-state index in [4.69, 9.17) is 5.26 Å². The second-order valence-electron chi connectivity index (χ2n) is 4.59. The summed E-state index contributed by atoms with van der Waals surface area (Å²) in [6.45, 7) is 7.00. The van der Waals surface area contributed by atoms with Crippen LogP contribution in [-0.2, 0) is 6.54 Å². The molecular formula is C15H17N3S. The third-order valence-electron chi connectivity index (χ3n) is 3.02. The van der Waals surface area contributed by atoms with E-state index in [1.165, 1.54) is 4.88 Å². The second kappa shape index (κ2) is 5.96. The zero-order valence-corrected chi connectivity index (χ0v) is 12.2. The van der Waals surface area contributed by atoms with Gasteiger partial charge in [-0.15, -0.1) is 11.3 Å². The molecule has 0 fully saturated rings. The first-order valence-electron chi connectivity index (χ1n) is 6.26. The van der Waals surface area contributed by atoms with E-state index in [0.29, 0.717) is 5.56 Å². The maximum Gasteiger partial charge on any atom is 0.0991 e. The largest absolute Gasteiger partial charge is 0.305 e. The summed E-state index contributed by atoms with van der Waals surface area (Å²) < 4.78 is 0. The van der Waals surface area contributed by atoms with Crippen LogP contribution in [0, 0.1) is 25.2 Å². The third kappa shape index (κ3) is 3.40. The third-order valence-corrected chi connectivity index (χ3v) is 3.92. The van der Waals surface area contributed by atoms with Crippen molar-refractivity contribution >= 4 is 11.3 Å². The van der Waals surface area contributed by atoms with Crippen LogP contribution in [-0.4, -0.2) is 4.98 Å². The summed E-state index contributed by atoms with van der Waals surface area (Å²) in [6.07, 6.45) is 0. The van der Waals surface area contributed by atoms with E-state index in [9.17, 15) is 0 Å². The minimum Gasteiger partial charge on any atom is -0.305 e. The van der Waals surface area contributed by atoms with Gasteiger partial charge >= 0.3 is 0 Å². The van der Waals surface area contributed by atoms with Crippen molar-refractivity contribution in [1.82, 2.24) is 10.3 Å². The van der Waals surface area contributed by atoms with Crippen LogP contribution in [0.2, 0.25) is 0 Å². The average molecular weight is 271 g/mol. The molecule has 0 radical (unpaired) electrons. The first-order chi connectivity index (χ1) is 9.10. The summed E-state index contributed by atoms with van der Waals surface area (Å²) in [5.74, 6) is 0. The van der Waals surface area contributed by atoms with Gasteiger partial charge in [0.2, 0.25) is 0 Å². The predicted molar refractivity (Wildman–Crippen MR) is 78.0 cm³/mol. The van der Waals surface area contributed by atoms with Crippen molar-refractivity contribution in [2.75, 3.05) is 0 Å². The molecule has 2 aromatic rings. The summed E-state index contributed by atoms with van der Waals surface area (Å²) in [7, 11) is 0. The zero-order chi connectivity index (χ0) is 13.8. The number of hydrogen-bond donors (Lipinski definition) is 1. The first-order valence-corrected chi connectivity index (χ1v) is 7.08. The predicted octanol–water partition coefficient (Wildman–Crippen LogP) is 3.48. The molecule has 0 aliphatic heterocycles. The van der Waals surface area contributed by atoms with Gasteiger partial charge in [-0.3, -0.25) is 0 Å². The fourth-order valence-corrected chi connectivity index (χ4v) is 2.98. The van der Waals surface area contributed by atoms with Crippen molar-refractivity contribution in [2.45, 2.75) is 33.4 Å². The minimum absolute atomic E-state index is 0.218. The van der Waals surface area contributed by atoms with E-state index in [0.717, 1.165) is 22.8 Å². The molecule has 4 heteroatoms. The second-order valence-corrected chi connectivity index (χ2v) is 6.00. The Morgan fingerprint density at radius 3 is 2.84 bits per heavy atom. The lowest BCUT2D eigenvalue weighted by atomic mass is 10.1. The number of nitriles is 1. The van der Waals surface area contributed by atoms with Crippen LogP contribution >= 0.6 is 11.3 Å². The van der Waals surface area contributed by atoms with Crippen LogP contribution < -0.4 is 5.32 Å². The van der Waals surface area contributed by atoms with Crippen LogP contribution in [0.4, 0.5) is 0 Å². The van der Waals surface area contributed by atoms with Gasteiger partial charge in [-0.25, -0.2) is 4.98 Å². The molecule has 0 spiro atoms. The van der Waals surface area contributed by atoms with E-state index in [1.807, 2.05) is 31.2 Å². The highest BCUT2D eigenvalue weighted by Gasteiger charge is 2.12. The van der Waals surface area contributed by atoms with Crippen molar-refractivity contribution in [3.63, 3.8) is 0 Å². The van der Waals surface area contributed by atoms with Crippen LogP contribution in [0.3, 0.4) is 0 Å². The molecule has 0 aliphatic rings. The lowest BCUT2D eigenvalue weighted by molar-refractivity contribution is 0.561. The molecule has 0 aliphatic carbocycles. The van der Waals surface area contributed by atoms with Gasteiger partial charge in [-0.1, -0.05) is 12.1 Å². The van der Waals surface area contributed by atoms with Crippen LogP contribution in [0.1, 0.15) is 39.7 Å². The number of nitrogens with one attached hydrogen (secondary N) is 1. The Morgan fingerprint density at radius 1 is 1.42 bits per heavy atom. The fraction of sp³-hybridized carbons (Fsp3) is 0.333. The fourth-order valence-electron chi connectivity index (χ4n) is 2.07. The maximum absolute atomic E-state index is 8.88. The Labute approximate surface area is 117 Å². The van der Waals surface area contributed by atoms with E-state index < -0.39 is 0 Å². The number of rotatable bonds is 4. The Kier molecular flexibility index (Phi) is 4.31. The van der Waals surface area contributed by atoms with Crippen molar-refractivity contribution in [1.29, 1.82) is 5.26 Å². The summed E-state index contributed by atoms with van der Waals surface area (Å²) in [5, 5.41) is 13.4. The van der Waals surface area contributed by atoms with E-state index in [1.54, 1.807) is 11.3 Å². The molecule has 0 saturated carbocycles. The molecule has 0 amide bonds. The molecule has 1 unspecified atom stereocenters. The zero-order valence-electron chi connectivity index (χ0n) is 11.4. The monoisotopic (exact) mass is 271 g/mol. The number of nitrogens with zero attached hydrogens (tertiary/aromatic N) is 2. The Bertz CT molecular complexity index is 610. The van der Waals surface area contributed by atoms with Gasteiger partial charge in [-0.05, 0) is 38.5 Å². The van der Waals surface area contributed by atoms with Crippen LogP contribution in [0.25, 0.3) is 0 Å². The average Bonchev–Trinajstić information content (AvgIpc) is 2.75. The highest BCUT2D eigenvalue weighted by Crippen LogP contribution is 2.22. The van der Waals surface area contributed by atoms with Gasteiger partial charge in [0.05, 0.1) is 22.3 Å². The summed E-state index contributed by atoms with van der Waals surface area (Å²) in [4.78, 5) is 5.83. The van der Waals surface area contributed by atoms with E-state index in [-0.39, 0.29) is 6.04 Å². The van der Waals surface area contributed by atoms with Crippen LogP contribution in [0.5, 0.6) is 0 Å². The highest BCUT2D eigenvalue weighted by atomic mass is 32.1. The molecule has 19 heavy (non-hydrogen) atoms. The maximum atomic E-state index is 8.88. The van der Waals surface area contributed by atoms with Gasteiger partial charge < -0.3 is 5.32 Å². The van der Waals surface area contributed by atoms with Gasteiger partial charge in [0.1, 0.15) is 0 Å². The van der Waals surface area contributed by atoms with Gasteiger partial charge in [0, 0.05) is 17.5 Å². The number of thiazole rings is 1. The summed E-state index contributed by atoms with van der Waals surface area (Å²) >= 11 is 1.73. The van der Waals surface area contributed by atoms with Crippen molar-refractivity contribution in [2.24, 2.45) is 0 Å². The molecule has 98 valence electrons. The topological polar surface area (TPSA) is 48.7 Å². The number of aromatic nitrogens is 1. The van der Waals surface area contributed by atoms with Crippen molar-refractivity contribution in [3.05, 3.63) is 51.0 Å². The molecule has 2 rings (SSSR count). The van der Waals surface area contributed by atoms with Gasteiger partial charge in [0.25, 0.3) is 0 Å². The SMILES string of the molecule is Cc1nc(C(C)NCc2cccc(C#N)c2)c(C)s1. The lowest BCUT2D eigenvalue weighted by Gasteiger charge is -2.12. The number of benzene rings is 1. The van der Waals surface area contributed by atoms with Crippen molar-refractivity contribution in [3.8, 4) is 6.07 Å². The smallest absolute Gasteiger partial charge is 0.0991 e. The normalized spacial score (nSPS) is 12.1. The Hall–Kier alpha value is -1.70. The molecule has 1 N–H and O–H groups in total. The quantitative estimate of drug-likeness (QED) is 0.926. The first kappa shape index (κ1) is 13.7. The summed E-state index contributed by atoms with van der Waals surface area (Å²) in [5.41, 5.74) is 2.95. The van der Waals surface area contributed by atoms with Gasteiger partial charge in [-0.2, -0.15) is 5.26 Å². The molecule has 0 saturated heterocycles. The molecule has 1 aromatic carbocycles. The molecule has 1 heterocycles. The number of aryl methyl sites for hydroxylation is 2. The van der Waals surface area contributed by atoms with E-state index >= 15 is 0 Å². The molecule has 0 bridgehead atoms. The molecule has 3 nitrogen and oxygen atoms in total.